The maximum Gasteiger partial charge on any atom is 0.261 e. The molecule has 4 rings (SSSR count). The highest BCUT2D eigenvalue weighted by Gasteiger charge is 2.32. The molecule has 1 aliphatic heterocycles. The summed E-state index contributed by atoms with van der Waals surface area (Å²) < 4.78 is 5.14. The highest BCUT2D eigenvalue weighted by molar-refractivity contribution is 6.25. The topological polar surface area (TPSA) is 83.7 Å². The molecule has 0 saturated carbocycles. The van der Waals surface area contributed by atoms with Gasteiger partial charge in [0.15, 0.2) is 0 Å². The second-order valence-electron chi connectivity index (χ2n) is 7.63. The lowest BCUT2D eigenvalue weighted by Crippen LogP contribution is -2.41. The van der Waals surface area contributed by atoms with E-state index in [2.05, 4.69) is 5.16 Å². The van der Waals surface area contributed by atoms with Crippen molar-refractivity contribution >= 4 is 28.5 Å². The molecule has 0 spiro atoms. The van der Waals surface area contributed by atoms with E-state index in [0.29, 0.717) is 35.2 Å². The number of hydrogen-bond acceptors (Lipinski definition) is 5. The zero-order valence-electron chi connectivity index (χ0n) is 17.3. The van der Waals surface area contributed by atoms with Crippen molar-refractivity contribution in [2.75, 3.05) is 13.6 Å². The number of aromatic nitrogens is 1. The maximum absolute atomic E-state index is 12.9. The molecular weight excluding hydrogens is 382 g/mol. The molecule has 154 valence electrons. The average molecular weight is 405 g/mol. The largest absolute Gasteiger partial charge is 0.361 e. The van der Waals surface area contributed by atoms with Crippen molar-refractivity contribution in [2.24, 2.45) is 0 Å². The van der Waals surface area contributed by atoms with E-state index in [1.807, 2.05) is 38.1 Å². The predicted molar refractivity (Wildman–Crippen MR) is 111 cm³/mol. The first-order valence-corrected chi connectivity index (χ1v) is 9.92. The molecule has 0 N–H and O–H groups in total. The van der Waals surface area contributed by atoms with Crippen molar-refractivity contribution in [3.63, 3.8) is 0 Å². The van der Waals surface area contributed by atoms with E-state index in [4.69, 9.17) is 4.52 Å². The number of rotatable bonds is 6. The molecule has 3 aromatic rings. The van der Waals surface area contributed by atoms with E-state index >= 15 is 0 Å². The number of carbonyl (C=O) groups excluding carboxylic acids is 3. The molecule has 0 aliphatic carbocycles. The van der Waals surface area contributed by atoms with Crippen LogP contribution in [0.3, 0.4) is 0 Å². The molecule has 1 aromatic heterocycles. The molecule has 0 unspecified atom stereocenters. The van der Waals surface area contributed by atoms with Crippen LogP contribution in [0.2, 0.25) is 0 Å². The van der Waals surface area contributed by atoms with Gasteiger partial charge >= 0.3 is 0 Å². The van der Waals surface area contributed by atoms with Crippen LogP contribution in [0.1, 0.15) is 50.6 Å². The van der Waals surface area contributed by atoms with Crippen LogP contribution in [0.4, 0.5) is 0 Å². The normalized spacial score (nSPS) is 13.2. The van der Waals surface area contributed by atoms with Crippen molar-refractivity contribution in [1.82, 2.24) is 15.0 Å². The van der Waals surface area contributed by atoms with Crippen LogP contribution in [-0.2, 0) is 11.3 Å². The molecule has 0 bridgehead atoms. The van der Waals surface area contributed by atoms with Gasteiger partial charge in [0.05, 0.1) is 12.2 Å². The monoisotopic (exact) mass is 405 g/mol. The van der Waals surface area contributed by atoms with Crippen LogP contribution < -0.4 is 0 Å². The Kier molecular flexibility index (Phi) is 5.11. The van der Waals surface area contributed by atoms with E-state index in [9.17, 15) is 14.4 Å². The van der Waals surface area contributed by atoms with Gasteiger partial charge in [0, 0.05) is 42.1 Å². The fourth-order valence-electron chi connectivity index (χ4n) is 3.92. The summed E-state index contributed by atoms with van der Waals surface area (Å²) in [7, 11) is 1.72. The quantitative estimate of drug-likeness (QED) is 0.586. The van der Waals surface area contributed by atoms with Gasteiger partial charge in [-0.15, -0.1) is 0 Å². The van der Waals surface area contributed by atoms with E-state index in [0.717, 1.165) is 16.6 Å². The minimum Gasteiger partial charge on any atom is -0.361 e. The first-order valence-electron chi connectivity index (χ1n) is 9.92. The van der Waals surface area contributed by atoms with E-state index < -0.39 is 0 Å². The second-order valence-corrected chi connectivity index (χ2v) is 7.63. The number of amides is 3. The Balaban J connectivity index is 1.41. The number of hydrogen-bond donors (Lipinski definition) is 0. The Morgan fingerprint density at radius 3 is 2.27 bits per heavy atom. The molecule has 0 atom stereocenters. The fourth-order valence-corrected chi connectivity index (χ4v) is 3.92. The molecule has 30 heavy (non-hydrogen) atoms. The molecule has 0 radical (unpaired) electrons. The minimum atomic E-state index is -0.305. The van der Waals surface area contributed by atoms with Crippen molar-refractivity contribution in [3.8, 4) is 0 Å². The van der Waals surface area contributed by atoms with Crippen molar-refractivity contribution < 1.29 is 18.9 Å². The number of aryl methyl sites for hydroxylation is 2. The SMILES string of the molecule is Cc1noc(C)c1CN(C)C(=O)CCCN1C(=O)c2cccc3cccc(c23)C1=O. The van der Waals surface area contributed by atoms with E-state index in [-0.39, 0.29) is 30.7 Å². The summed E-state index contributed by atoms with van der Waals surface area (Å²) in [6.45, 7) is 4.28. The van der Waals surface area contributed by atoms with Crippen molar-refractivity contribution in [2.45, 2.75) is 33.2 Å². The van der Waals surface area contributed by atoms with Gasteiger partial charge in [-0.25, -0.2) is 0 Å². The van der Waals surface area contributed by atoms with Gasteiger partial charge < -0.3 is 9.42 Å². The summed E-state index contributed by atoms with van der Waals surface area (Å²) in [6, 6.07) is 10.9. The Morgan fingerprint density at radius 1 is 1.07 bits per heavy atom. The van der Waals surface area contributed by atoms with Gasteiger partial charge in [0.2, 0.25) is 5.91 Å². The van der Waals surface area contributed by atoms with Crippen molar-refractivity contribution in [1.29, 1.82) is 0 Å². The molecule has 2 heterocycles. The lowest BCUT2D eigenvalue weighted by molar-refractivity contribution is -0.130. The highest BCUT2D eigenvalue weighted by atomic mass is 16.5. The fraction of sp³-hybridized carbons (Fsp3) is 0.304. The van der Waals surface area contributed by atoms with Crippen LogP contribution in [0.25, 0.3) is 10.8 Å². The van der Waals surface area contributed by atoms with Gasteiger partial charge in [-0.2, -0.15) is 0 Å². The summed E-state index contributed by atoms with van der Waals surface area (Å²) >= 11 is 0. The molecule has 2 aromatic carbocycles. The molecule has 3 amide bonds. The molecular formula is C23H23N3O4. The average Bonchev–Trinajstić information content (AvgIpc) is 3.06. The smallest absolute Gasteiger partial charge is 0.261 e. The first-order chi connectivity index (χ1) is 14.4. The predicted octanol–water partition coefficient (Wildman–Crippen LogP) is 3.48. The number of nitrogens with zero attached hydrogens (tertiary/aromatic N) is 3. The standard InChI is InChI=1S/C23H23N3O4/c1-14-19(15(2)30-24-14)13-25(3)20(27)11-6-12-26-22(28)17-9-4-7-16-8-5-10-18(21(16)17)23(26)29/h4-5,7-10H,6,11-13H2,1-3H3. The van der Waals surface area contributed by atoms with Gasteiger partial charge in [0.1, 0.15) is 5.76 Å². The summed E-state index contributed by atoms with van der Waals surface area (Å²) in [6.07, 6.45) is 0.642. The highest BCUT2D eigenvalue weighted by Crippen LogP contribution is 2.30. The third kappa shape index (κ3) is 3.36. The molecule has 7 heteroatoms. The van der Waals surface area contributed by atoms with Gasteiger partial charge in [0.25, 0.3) is 11.8 Å². The Bertz CT molecular complexity index is 1090. The summed E-state index contributed by atoms with van der Waals surface area (Å²) in [4.78, 5) is 41.2. The lowest BCUT2D eigenvalue weighted by atomic mass is 9.94. The van der Waals surface area contributed by atoms with Gasteiger partial charge in [-0.3, -0.25) is 19.3 Å². The van der Waals surface area contributed by atoms with Crippen LogP contribution in [0, 0.1) is 13.8 Å². The third-order valence-corrected chi connectivity index (χ3v) is 5.63. The van der Waals surface area contributed by atoms with Crippen LogP contribution in [-0.4, -0.2) is 46.3 Å². The molecule has 0 saturated heterocycles. The van der Waals surface area contributed by atoms with Crippen LogP contribution in [0.15, 0.2) is 40.9 Å². The molecule has 0 fully saturated rings. The zero-order chi connectivity index (χ0) is 21.4. The van der Waals surface area contributed by atoms with Crippen LogP contribution in [0.5, 0.6) is 0 Å². The first kappa shape index (κ1) is 19.8. The summed E-state index contributed by atoms with van der Waals surface area (Å²) in [5, 5.41) is 5.50. The van der Waals surface area contributed by atoms with Gasteiger partial charge in [-0.05, 0) is 37.8 Å². The Labute approximate surface area is 174 Å². The summed E-state index contributed by atoms with van der Waals surface area (Å²) in [5.41, 5.74) is 2.73. The lowest BCUT2D eigenvalue weighted by Gasteiger charge is -2.27. The third-order valence-electron chi connectivity index (χ3n) is 5.63. The Morgan fingerprint density at radius 2 is 1.70 bits per heavy atom. The van der Waals surface area contributed by atoms with Crippen LogP contribution >= 0.6 is 0 Å². The second kappa shape index (κ2) is 7.74. The van der Waals surface area contributed by atoms with E-state index in [1.54, 1.807) is 24.1 Å². The van der Waals surface area contributed by atoms with Gasteiger partial charge in [-0.1, -0.05) is 29.4 Å². The Hall–Kier alpha value is -3.48. The minimum absolute atomic E-state index is 0.0607. The van der Waals surface area contributed by atoms with Crippen molar-refractivity contribution in [3.05, 3.63) is 64.5 Å². The zero-order valence-corrected chi connectivity index (χ0v) is 17.3. The number of benzene rings is 2. The molecule has 1 aliphatic rings. The number of carbonyl (C=O) groups is 3. The van der Waals surface area contributed by atoms with E-state index in [1.165, 1.54) is 4.90 Å². The molecule has 7 nitrogen and oxygen atoms in total. The summed E-state index contributed by atoms with van der Waals surface area (Å²) in [5.74, 6) is 0.0283. The maximum atomic E-state index is 12.9. The number of imide groups is 1.